The lowest BCUT2D eigenvalue weighted by Crippen LogP contribution is -2.16. The first-order valence-electron chi connectivity index (χ1n) is 5.96. The number of aliphatic carboxylic acids is 1. The monoisotopic (exact) mass is 319 g/mol. The van der Waals surface area contributed by atoms with E-state index in [-0.39, 0.29) is 0 Å². The highest BCUT2D eigenvalue weighted by atomic mass is 79.9. The molecule has 0 fully saturated rings. The van der Waals surface area contributed by atoms with Gasteiger partial charge >= 0.3 is 5.97 Å². The number of benzene rings is 1. The number of aryl methyl sites for hydroxylation is 1. The molecular formula is C15H14BrNO2. The van der Waals surface area contributed by atoms with Gasteiger partial charge < -0.3 is 5.11 Å². The van der Waals surface area contributed by atoms with Crippen LogP contribution in [0.5, 0.6) is 0 Å². The van der Waals surface area contributed by atoms with Gasteiger partial charge in [-0.15, -0.1) is 0 Å². The third-order valence-electron chi connectivity index (χ3n) is 3.06. The molecule has 0 aliphatic carbocycles. The van der Waals surface area contributed by atoms with Crippen molar-refractivity contribution < 1.29 is 9.90 Å². The summed E-state index contributed by atoms with van der Waals surface area (Å²) in [6.45, 7) is 1.93. The second kappa shape index (κ2) is 5.97. The lowest BCUT2D eigenvalue weighted by atomic mass is 9.91. The molecule has 1 atom stereocenters. The number of hydrogen-bond acceptors (Lipinski definition) is 2. The largest absolute Gasteiger partial charge is 0.481 e. The van der Waals surface area contributed by atoms with E-state index in [1.54, 1.807) is 6.20 Å². The predicted octanol–water partition coefficient (Wildman–Crippen LogP) is 3.56. The molecule has 1 aromatic carbocycles. The number of nitrogens with zero attached hydrogens (tertiary/aromatic N) is 1. The Morgan fingerprint density at radius 1 is 1.32 bits per heavy atom. The number of pyridine rings is 1. The Bertz CT molecular complexity index is 581. The van der Waals surface area contributed by atoms with E-state index in [0.717, 1.165) is 21.3 Å². The van der Waals surface area contributed by atoms with Gasteiger partial charge in [0, 0.05) is 22.8 Å². The van der Waals surface area contributed by atoms with E-state index in [2.05, 4.69) is 20.9 Å². The second-order valence-electron chi connectivity index (χ2n) is 4.42. The average Bonchev–Trinajstić information content (AvgIpc) is 2.39. The molecule has 19 heavy (non-hydrogen) atoms. The second-order valence-corrected chi connectivity index (χ2v) is 5.33. The van der Waals surface area contributed by atoms with Crippen molar-refractivity contribution in [2.45, 2.75) is 19.3 Å². The van der Waals surface area contributed by atoms with E-state index in [9.17, 15) is 9.90 Å². The van der Waals surface area contributed by atoms with Crippen molar-refractivity contribution in [3.63, 3.8) is 0 Å². The Kier molecular flexibility index (Phi) is 4.32. The summed E-state index contributed by atoms with van der Waals surface area (Å²) < 4.78 is 0.888. The van der Waals surface area contributed by atoms with Crippen LogP contribution in [0.2, 0.25) is 0 Å². The van der Waals surface area contributed by atoms with Gasteiger partial charge in [-0.05, 0) is 46.1 Å². The first-order valence-corrected chi connectivity index (χ1v) is 6.76. The summed E-state index contributed by atoms with van der Waals surface area (Å²) in [5, 5.41) is 9.43. The van der Waals surface area contributed by atoms with Gasteiger partial charge in [0.2, 0.25) is 0 Å². The van der Waals surface area contributed by atoms with Crippen LogP contribution in [-0.4, -0.2) is 16.1 Å². The molecule has 0 radical (unpaired) electrons. The fourth-order valence-corrected chi connectivity index (χ4v) is 2.28. The number of rotatable bonds is 4. The SMILES string of the molecule is Cc1ccccc1C(Cc1ccc(Br)cn1)C(=O)O. The van der Waals surface area contributed by atoms with Crippen LogP contribution >= 0.6 is 15.9 Å². The smallest absolute Gasteiger partial charge is 0.311 e. The molecule has 1 unspecified atom stereocenters. The van der Waals surface area contributed by atoms with Crippen molar-refractivity contribution in [2.75, 3.05) is 0 Å². The number of hydrogen-bond donors (Lipinski definition) is 1. The third-order valence-corrected chi connectivity index (χ3v) is 3.53. The van der Waals surface area contributed by atoms with Crippen LogP contribution in [0.25, 0.3) is 0 Å². The van der Waals surface area contributed by atoms with Crippen molar-refractivity contribution in [2.24, 2.45) is 0 Å². The molecule has 1 aromatic heterocycles. The number of halogens is 1. The van der Waals surface area contributed by atoms with Gasteiger partial charge in [-0.3, -0.25) is 9.78 Å². The van der Waals surface area contributed by atoms with Crippen LogP contribution < -0.4 is 0 Å². The summed E-state index contributed by atoms with van der Waals surface area (Å²) >= 11 is 3.32. The minimum atomic E-state index is -0.820. The third kappa shape index (κ3) is 3.41. The van der Waals surface area contributed by atoms with Gasteiger partial charge in [0.05, 0.1) is 5.92 Å². The standard InChI is InChI=1S/C15H14BrNO2/c1-10-4-2-3-5-13(10)14(15(18)19)8-12-7-6-11(16)9-17-12/h2-7,9,14H,8H2,1H3,(H,18,19). The van der Waals surface area contributed by atoms with E-state index in [0.29, 0.717) is 6.42 Å². The highest BCUT2D eigenvalue weighted by Gasteiger charge is 2.22. The van der Waals surface area contributed by atoms with Crippen LogP contribution in [-0.2, 0) is 11.2 Å². The number of carboxylic acid groups (broad SMARTS) is 1. The molecule has 0 saturated carbocycles. The molecule has 1 N–H and O–H groups in total. The van der Waals surface area contributed by atoms with E-state index < -0.39 is 11.9 Å². The summed E-state index contributed by atoms with van der Waals surface area (Å²) in [7, 11) is 0. The average molecular weight is 320 g/mol. The molecule has 4 heteroatoms. The van der Waals surface area contributed by atoms with Gasteiger partial charge in [0.1, 0.15) is 0 Å². The summed E-state index contributed by atoms with van der Waals surface area (Å²) in [5.41, 5.74) is 2.62. The maximum atomic E-state index is 11.5. The van der Waals surface area contributed by atoms with Gasteiger partial charge in [-0.2, -0.15) is 0 Å². The first-order chi connectivity index (χ1) is 9.08. The first kappa shape index (κ1) is 13.7. The van der Waals surface area contributed by atoms with Gasteiger partial charge in [0.15, 0.2) is 0 Å². The van der Waals surface area contributed by atoms with Crippen LogP contribution in [0.3, 0.4) is 0 Å². The fourth-order valence-electron chi connectivity index (χ4n) is 2.04. The highest BCUT2D eigenvalue weighted by Crippen LogP contribution is 2.24. The summed E-state index contributed by atoms with van der Waals surface area (Å²) in [6, 6.07) is 11.3. The van der Waals surface area contributed by atoms with Crippen LogP contribution in [0, 0.1) is 6.92 Å². The lowest BCUT2D eigenvalue weighted by molar-refractivity contribution is -0.138. The normalized spacial score (nSPS) is 12.1. The Morgan fingerprint density at radius 2 is 2.05 bits per heavy atom. The maximum Gasteiger partial charge on any atom is 0.311 e. The quantitative estimate of drug-likeness (QED) is 0.937. The molecule has 0 saturated heterocycles. The lowest BCUT2D eigenvalue weighted by Gasteiger charge is -2.14. The topological polar surface area (TPSA) is 50.2 Å². The number of carboxylic acids is 1. The molecule has 1 heterocycles. The minimum absolute atomic E-state index is 0.396. The Balaban J connectivity index is 2.29. The molecule has 0 spiro atoms. The van der Waals surface area contributed by atoms with Crippen molar-refractivity contribution in [3.05, 3.63) is 63.9 Å². The predicted molar refractivity (Wildman–Crippen MR) is 77.2 cm³/mol. The molecule has 98 valence electrons. The number of aromatic nitrogens is 1. The van der Waals surface area contributed by atoms with Crippen molar-refractivity contribution >= 4 is 21.9 Å². The summed E-state index contributed by atoms with van der Waals surface area (Å²) in [5.74, 6) is -1.38. The van der Waals surface area contributed by atoms with Crippen LogP contribution in [0.4, 0.5) is 0 Å². The Hall–Kier alpha value is -1.68. The van der Waals surface area contributed by atoms with E-state index in [1.807, 2.05) is 43.3 Å². The van der Waals surface area contributed by atoms with Gasteiger partial charge in [-0.25, -0.2) is 0 Å². The van der Waals surface area contributed by atoms with Gasteiger partial charge in [0.25, 0.3) is 0 Å². The van der Waals surface area contributed by atoms with E-state index in [1.165, 1.54) is 0 Å². The maximum absolute atomic E-state index is 11.5. The molecular weight excluding hydrogens is 306 g/mol. The zero-order valence-electron chi connectivity index (χ0n) is 10.5. The van der Waals surface area contributed by atoms with Crippen LogP contribution in [0.1, 0.15) is 22.7 Å². The minimum Gasteiger partial charge on any atom is -0.481 e. The zero-order chi connectivity index (χ0) is 13.8. The van der Waals surface area contributed by atoms with E-state index >= 15 is 0 Å². The molecule has 0 bridgehead atoms. The Labute approximate surface area is 120 Å². The van der Waals surface area contributed by atoms with Gasteiger partial charge in [-0.1, -0.05) is 24.3 Å². The van der Waals surface area contributed by atoms with E-state index in [4.69, 9.17) is 0 Å². The number of carbonyl (C=O) groups is 1. The highest BCUT2D eigenvalue weighted by molar-refractivity contribution is 9.10. The fraction of sp³-hybridized carbons (Fsp3) is 0.200. The molecule has 2 aromatic rings. The molecule has 0 aliphatic rings. The molecule has 2 rings (SSSR count). The molecule has 3 nitrogen and oxygen atoms in total. The Morgan fingerprint density at radius 3 is 2.63 bits per heavy atom. The van der Waals surface area contributed by atoms with Crippen molar-refractivity contribution in [1.29, 1.82) is 0 Å². The van der Waals surface area contributed by atoms with Crippen molar-refractivity contribution in [1.82, 2.24) is 4.98 Å². The summed E-state index contributed by atoms with van der Waals surface area (Å²) in [6.07, 6.45) is 2.08. The zero-order valence-corrected chi connectivity index (χ0v) is 12.1. The molecule has 0 amide bonds. The van der Waals surface area contributed by atoms with Crippen molar-refractivity contribution in [3.8, 4) is 0 Å². The molecule has 0 aliphatic heterocycles. The van der Waals surface area contributed by atoms with Crippen LogP contribution in [0.15, 0.2) is 47.1 Å². The summed E-state index contributed by atoms with van der Waals surface area (Å²) in [4.78, 5) is 15.7.